The smallest absolute Gasteiger partial charge is 0.226 e. The molecule has 6 heteroatoms. The molecule has 1 aromatic heterocycles. The minimum Gasteiger partial charge on any atom is -0.344 e. The normalized spacial score (nSPS) is 15.9. The molecule has 4 nitrogen and oxygen atoms in total. The van der Waals surface area contributed by atoms with Crippen LogP contribution in [0.3, 0.4) is 0 Å². The summed E-state index contributed by atoms with van der Waals surface area (Å²) in [6, 6.07) is 0. The van der Waals surface area contributed by atoms with E-state index in [4.69, 9.17) is 0 Å². The molecule has 1 aromatic rings. The summed E-state index contributed by atoms with van der Waals surface area (Å²) in [5.41, 5.74) is 0.638. The topological polar surface area (TPSA) is 54.0 Å². The highest BCUT2D eigenvalue weighted by Crippen LogP contribution is 2.24. The van der Waals surface area contributed by atoms with Crippen molar-refractivity contribution in [1.29, 1.82) is 0 Å². The van der Waals surface area contributed by atoms with Crippen molar-refractivity contribution in [1.82, 2.24) is 15.6 Å². The number of aryl methyl sites for hydroxylation is 1. The zero-order valence-electron chi connectivity index (χ0n) is 10.2. The summed E-state index contributed by atoms with van der Waals surface area (Å²) >= 11 is 1.59. The number of halogens is 1. The lowest BCUT2D eigenvalue weighted by molar-refractivity contribution is -0.128. The summed E-state index contributed by atoms with van der Waals surface area (Å²) in [6.45, 7) is 7.54. The van der Waals surface area contributed by atoms with Gasteiger partial charge in [-0.15, -0.1) is 23.7 Å². The first-order chi connectivity index (χ1) is 7.49. The van der Waals surface area contributed by atoms with Crippen molar-refractivity contribution < 1.29 is 4.79 Å². The van der Waals surface area contributed by atoms with Crippen LogP contribution in [0, 0.1) is 12.8 Å². The number of rotatable bonds is 3. The molecule has 0 spiro atoms. The molecule has 2 heterocycles. The fourth-order valence-corrected chi connectivity index (χ4v) is 2.46. The van der Waals surface area contributed by atoms with Gasteiger partial charge in [0.15, 0.2) is 0 Å². The number of aromatic nitrogens is 1. The highest BCUT2D eigenvalue weighted by Gasteiger charge is 2.31. The fraction of sp³-hybridized carbons (Fsp3) is 0.636. The lowest BCUT2D eigenvalue weighted by Crippen LogP contribution is -2.54. The molecule has 0 atom stereocenters. The van der Waals surface area contributed by atoms with Gasteiger partial charge in [0.05, 0.1) is 11.5 Å². The summed E-state index contributed by atoms with van der Waals surface area (Å²) < 4.78 is 0. The Hall–Kier alpha value is -0.650. The van der Waals surface area contributed by atoms with Crippen molar-refractivity contribution in [2.24, 2.45) is 5.92 Å². The molecule has 17 heavy (non-hydrogen) atoms. The second-order valence-electron chi connectivity index (χ2n) is 4.76. The lowest BCUT2D eigenvalue weighted by atomic mass is 9.99. The lowest BCUT2D eigenvalue weighted by Gasteiger charge is -2.31. The van der Waals surface area contributed by atoms with Crippen molar-refractivity contribution in [2.45, 2.75) is 26.3 Å². The largest absolute Gasteiger partial charge is 0.344 e. The van der Waals surface area contributed by atoms with Gasteiger partial charge >= 0.3 is 0 Å². The van der Waals surface area contributed by atoms with E-state index in [1.54, 1.807) is 11.3 Å². The molecule has 0 unspecified atom stereocenters. The summed E-state index contributed by atoms with van der Waals surface area (Å²) in [7, 11) is 0. The highest BCUT2D eigenvalue weighted by molar-refractivity contribution is 7.09. The van der Waals surface area contributed by atoms with Crippen molar-refractivity contribution in [3.63, 3.8) is 0 Å². The molecule has 0 aromatic carbocycles. The SMILES string of the molecule is Cc1csc(C(C)(C)NC(=O)C2CNC2)n1.Cl. The first-order valence-electron chi connectivity index (χ1n) is 5.44. The van der Waals surface area contributed by atoms with Crippen molar-refractivity contribution in [3.8, 4) is 0 Å². The maximum atomic E-state index is 11.8. The number of nitrogens with zero attached hydrogens (tertiary/aromatic N) is 1. The van der Waals surface area contributed by atoms with Crippen LogP contribution >= 0.6 is 23.7 Å². The van der Waals surface area contributed by atoms with Crippen molar-refractivity contribution >= 4 is 29.7 Å². The van der Waals surface area contributed by atoms with E-state index in [9.17, 15) is 4.79 Å². The molecule has 0 saturated carbocycles. The second kappa shape index (κ2) is 5.33. The molecule has 1 aliphatic heterocycles. The molecule has 1 amide bonds. The van der Waals surface area contributed by atoms with E-state index in [-0.39, 0.29) is 29.8 Å². The molecular formula is C11H18ClN3OS. The van der Waals surface area contributed by atoms with Crippen LogP contribution in [-0.2, 0) is 10.3 Å². The van der Waals surface area contributed by atoms with Crippen LogP contribution in [0.15, 0.2) is 5.38 Å². The van der Waals surface area contributed by atoms with Gasteiger partial charge < -0.3 is 10.6 Å². The minimum atomic E-state index is -0.369. The third kappa shape index (κ3) is 3.18. The van der Waals surface area contributed by atoms with Crippen LogP contribution in [0.4, 0.5) is 0 Å². The van der Waals surface area contributed by atoms with Gasteiger partial charge in [-0.25, -0.2) is 4.98 Å². The zero-order valence-corrected chi connectivity index (χ0v) is 11.9. The highest BCUT2D eigenvalue weighted by atomic mass is 35.5. The molecule has 1 aliphatic rings. The summed E-state index contributed by atoms with van der Waals surface area (Å²) in [5.74, 6) is 0.247. The van der Waals surface area contributed by atoms with Crippen LogP contribution in [0.5, 0.6) is 0 Å². The van der Waals surface area contributed by atoms with Crippen molar-refractivity contribution in [3.05, 3.63) is 16.1 Å². The van der Waals surface area contributed by atoms with Gasteiger partial charge in [-0.2, -0.15) is 0 Å². The van der Waals surface area contributed by atoms with Crippen LogP contribution in [0.25, 0.3) is 0 Å². The molecule has 1 saturated heterocycles. The van der Waals surface area contributed by atoms with Crippen LogP contribution < -0.4 is 10.6 Å². The summed E-state index contributed by atoms with van der Waals surface area (Å²) in [5, 5.41) is 9.13. The Morgan fingerprint density at radius 3 is 2.65 bits per heavy atom. The summed E-state index contributed by atoms with van der Waals surface area (Å²) in [4.78, 5) is 16.3. The molecule has 96 valence electrons. The van der Waals surface area contributed by atoms with Gasteiger partial charge in [0.1, 0.15) is 5.01 Å². The fourth-order valence-electron chi connectivity index (χ4n) is 1.58. The molecular weight excluding hydrogens is 258 g/mol. The predicted molar refractivity (Wildman–Crippen MR) is 71.6 cm³/mol. The first kappa shape index (κ1) is 14.4. The van der Waals surface area contributed by atoms with Gasteiger partial charge in [-0.1, -0.05) is 0 Å². The number of amides is 1. The molecule has 1 fully saturated rings. The average Bonchev–Trinajstić information content (AvgIpc) is 2.47. The molecule has 2 rings (SSSR count). The van der Waals surface area contributed by atoms with Crippen LogP contribution in [0.1, 0.15) is 24.5 Å². The quantitative estimate of drug-likeness (QED) is 0.878. The van der Waals surface area contributed by atoms with Crippen LogP contribution in [-0.4, -0.2) is 24.0 Å². The average molecular weight is 276 g/mol. The van der Waals surface area contributed by atoms with E-state index < -0.39 is 0 Å². The Morgan fingerprint density at radius 2 is 2.24 bits per heavy atom. The van der Waals surface area contributed by atoms with Gasteiger partial charge in [0.25, 0.3) is 0 Å². The van der Waals surface area contributed by atoms with E-state index in [1.807, 2.05) is 26.2 Å². The van der Waals surface area contributed by atoms with E-state index in [0.29, 0.717) is 0 Å². The maximum Gasteiger partial charge on any atom is 0.226 e. The Balaban J connectivity index is 0.00000144. The molecule has 0 radical (unpaired) electrons. The van der Waals surface area contributed by atoms with E-state index >= 15 is 0 Å². The standard InChI is InChI=1S/C11H17N3OS.ClH/c1-7-6-16-10(13-7)11(2,3)14-9(15)8-4-12-5-8;/h6,8,12H,4-5H2,1-3H3,(H,14,15);1H. The Labute approximate surface area is 112 Å². The number of carbonyl (C=O) groups excluding carboxylic acids is 1. The number of hydrogen-bond donors (Lipinski definition) is 2. The Bertz CT molecular complexity index is 401. The molecule has 2 N–H and O–H groups in total. The number of thiazole rings is 1. The van der Waals surface area contributed by atoms with Crippen molar-refractivity contribution in [2.75, 3.05) is 13.1 Å². The van der Waals surface area contributed by atoms with Gasteiger partial charge in [-0.05, 0) is 20.8 Å². The van der Waals surface area contributed by atoms with E-state index in [2.05, 4.69) is 15.6 Å². The van der Waals surface area contributed by atoms with E-state index in [0.717, 1.165) is 23.8 Å². The molecule has 0 aliphatic carbocycles. The van der Waals surface area contributed by atoms with Crippen LogP contribution in [0.2, 0.25) is 0 Å². The summed E-state index contributed by atoms with van der Waals surface area (Å²) in [6.07, 6.45) is 0. The Morgan fingerprint density at radius 1 is 1.59 bits per heavy atom. The van der Waals surface area contributed by atoms with Gasteiger partial charge in [-0.3, -0.25) is 4.79 Å². The Kier molecular flexibility index (Phi) is 4.52. The second-order valence-corrected chi connectivity index (χ2v) is 5.62. The zero-order chi connectivity index (χ0) is 11.8. The molecule has 0 bridgehead atoms. The number of carbonyl (C=O) groups is 1. The van der Waals surface area contributed by atoms with Gasteiger partial charge in [0.2, 0.25) is 5.91 Å². The third-order valence-electron chi connectivity index (χ3n) is 2.74. The number of hydrogen-bond acceptors (Lipinski definition) is 4. The van der Waals surface area contributed by atoms with E-state index in [1.165, 1.54) is 0 Å². The third-order valence-corrected chi connectivity index (χ3v) is 4.03. The monoisotopic (exact) mass is 275 g/mol. The predicted octanol–water partition coefficient (Wildman–Crippen LogP) is 1.44. The number of nitrogens with one attached hydrogen (secondary N) is 2. The first-order valence-corrected chi connectivity index (χ1v) is 6.32. The minimum absolute atomic E-state index is 0. The maximum absolute atomic E-state index is 11.8. The van der Waals surface area contributed by atoms with Gasteiger partial charge in [0, 0.05) is 24.2 Å².